The minimum atomic E-state index is -1.17. The number of ether oxygens (including phenoxy) is 3. The van der Waals surface area contributed by atoms with Crippen LogP contribution in [0, 0.1) is 0 Å². The maximum absolute atomic E-state index is 13.5. The molecule has 0 saturated carbocycles. The number of methoxy groups -OCH3 is 1. The molecule has 1 aliphatic carbocycles. The summed E-state index contributed by atoms with van der Waals surface area (Å²) in [4.78, 5) is 37.4. The van der Waals surface area contributed by atoms with Gasteiger partial charge in [0, 0.05) is 28.3 Å². The zero-order chi connectivity index (χ0) is 24.6. The summed E-state index contributed by atoms with van der Waals surface area (Å²) in [5.41, 5.74) is 3.60. The van der Waals surface area contributed by atoms with Crippen molar-refractivity contribution in [2.24, 2.45) is 0 Å². The molecule has 1 atom stereocenters. The van der Waals surface area contributed by atoms with Crippen molar-refractivity contribution in [3.63, 3.8) is 0 Å². The molecule has 176 valence electrons. The molecule has 1 aliphatic heterocycles. The predicted octanol–water partition coefficient (Wildman–Crippen LogP) is 3.94. The van der Waals surface area contributed by atoms with E-state index in [1.807, 2.05) is 12.1 Å². The number of dihydropyridines is 1. The average Bonchev–Trinajstić information content (AvgIpc) is 3.08. The lowest BCUT2D eigenvalue weighted by Gasteiger charge is -2.29. The smallest absolute Gasteiger partial charge is 0.341 e. The largest absolute Gasteiger partial charge is 0.490 e. The summed E-state index contributed by atoms with van der Waals surface area (Å²) >= 11 is 6.49. The van der Waals surface area contributed by atoms with Gasteiger partial charge in [0.2, 0.25) is 0 Å². The Labute approximate surface area is 200 Å². The number of nitrogens with one attached hydrogen (secondary N) is 1. The number of fused-ring (bicyclic) bond motifs is 2. The van der Waals surface area contributed by atoms with Crippen molar-refractivity contribution in [2.45, 2.75) is 19.8 Å². The Morgan fingerprint density at radius 1 is 1.15 bits per heavy atom. The molecule has 0 saturated heterocycles. The SMILES string of the molecule is CCOc1cc([C@H]2C(C(=O)OC)=C(C)NC3=C2C(=O)c2ccccc23)cc(Cl)c1OCC(=O)O. The maximum Gasteiger partial charge on any atom is 0.341 e. The molecule has 2 N–H and O–H groups in total. The Hall–Kier alpha value is -3.78. The minimum absolute atomic E-state index is 0.0687. The van der Waals surface area contributed by atoms with Crippen LogP contribution in [0.2, 0.25) is 5.02 Å². The number of rotatable bonds is 7. The third-order valence-corrected chi connectivity index (χ3v) is 5.94. The zero-order valence-electron chi connectivity index (χ0n) is 18.7. The van der Waals surface area contributed by atoms with Gasteiger partial charge in [0.1, 0.15) is 0 Å². The second-order valence-corrected chi connectivity index (χ2v) is 8.10. The van der Waals surface area contributed by atoms with Crippen molar-refractivity contribution in [3.05, 3.63) is 75.0 Å². The molecule has 9 heteroatoms. The zero-order valence-corrected chi connectivity index (χ0v) is 19.5. The molecule has 4 rings (SSSR count). The van der Waals surface area contributed by atoms with Gasteiger partial charge >= 0.3 is 11.9 Å². The molecule has 0 spiro atoms. The lowest BCUT2D eigenvalue weighted by atomic mass is 9.79. The molecule has 2 aromatic rings. The number of carboxylic acid groups (broad SMARTS) is 1. The number of esters is 1. The van der Waals surface area contributed by atoms with Gasteiger partial charge in [-0.25, -0.2) is 9.59 Å². The number of hydrogen-bond donors (Lipinski definition) is 2. The van der Waals surface area contributed by atoms with Crippen LogP contribution in [0.5, 0.6) is 11.5 Å². The number of aliphatic carboxylic acids is 1. The molecule has 0 radical (unpaired) electrons. The highest BCUT2D eigenvalue weighted by Gasteiger charge is 2.43. The number of Topliss-reactive ketones (excluding diaryl/α,β-unsaturated/α-hetero) is 1. The first-order valence-electron chi connectivity index (χ1n) is 10.5. The van der Waals surface area contributed by atoms with E-state index in [9.17, 15) is 14.4 Å². The van der Waals surface area contributed by atoms with Crippen LogP contribution in [0.1, 0.15) is 41.3 Å². The van der Waals surface area contributed by atoms with E-state index in [1.165, 1.54) is 7.11 Å². The molecule has 0 unspecified atom stereocenters. The Bertz CT molecular complexity index is 1280. The third kappa shape index (κ3) is 3.90. The normalized spacial score (nSPS) is 16.6. The van der Waals surface area contributed by atoms with Crippen LogP contribution in [-0.4, -0.2) is 43.2 Å². The van der Waals surface area contributed by atoms with E-state index in [-0.39, 0.29) is 34.5 Å². The highest BCUT2D eigenvalue weighted by Crippen LogP contribution is 2.49. The molecular formula is C25H22ClNO7. The van der Waals surface area contributed by atoms with E-state index in [4.69, 9.17) is 30.9 Å². The van der Waals surface area contributed by atoms with Crippen molar-refractivity contribution in [2.75, 3.05) is 20.3 Å². The second-order valence-electron chi connectivity index (χ2n) is 7.70. The number of carbonyl (C=O) groups excluding carboxylic acids is 2. The van der Waals surface area contributed by atoms with Crippen molar-refractivity contribution in [3.8, 4) is 11.5 Å². The summed E-state index contributed by atoms with van der Waals surface area (Å²) in [7, 11) is 1.27. The Morgan fingerprint density at radius 2 is 1.85 bits per heavy atom. The minimum Gasteiger partial charge on any atom is -0.490 e. The Kier molecular flexibility index (Phi) is 6.34. The van der Waals surface area contributed by atoms with Gasteiger partial charge in [-0.05, 0) is 31.5 Å². The van der Waals surface area contributed by atoms with Crippen molar-refractivity contribution in [1.82, 2.24) is 5.32 Å². The topological polar surface area (TPSA) is 111 Å². The second kappa shape index (κ2) is 9.23. The average molecular weight is 484 g/mol. The standard InChI is InChI=1S/C25H22ClNO7/c1-4-33-17-10-13(9-16(26)24(17)34-11-18(28)29)20-19(25(31)32-3)12(2)27-22-14-7-5-6-8-15(14)23(30)21(20)22/h5-10,20,27H,4,11H2,1-3H3,(H,28,29)/t20-/m0/s1. The highest BCUT2D eigenvalue weighted by molar-refractivity contribution is 6.32. The number of carbonyl (C=O) groups is 3. The van der Waals surface area contributed by atoms with E-state index in [2.05, 4.69) is 5.32 Å². The first-order chi connectivity index (χ1) is 16.3. The van der Waals surface area contributed by atoms with Crippen LogP contribution in [0.4, 0.5) is 0 Å². The summed E-state index contributed by atoms with van der Waals surface area (Å²) in [6.07, 6.45) is 0. The highest BCUT2D eigenvalue weighted by atomic mass is 35.5. The van der Waals surface area contributed by atoms with Crippen molar-refractivity contribution >= 4 is 35.0 Å². The van der Waals surface area contributed by atoms with Crippen molar-refractivity contribution < 1.29 is 33.7 Å². The van der Waals surface area contributed by atoms with Crippen LogP contribution >= 0.6 is 11.6 Å². The van der Waals surface area contributed by atoms with Gasteiger partial charge < -0.3 is 24.6 Å². The fraction of sp³-hybridized carbons (Fsp3) is 0.240. The monoisotopic (exact) mass is 483 g/mol. The summed E-state index contributed by atoms with van der Waals surface area (Å²) in [6, 6.07) is 10.4. The lowest BCUT2D eigenvalue weighted by Crippen LogP contribution is -2.29. The summed E-state index contributed by atoms with van der Waals surface area (Å²) in [5.74, 6) is -2.50. The van der Waals surface area contributed by atoms with Crippen LogP contribution in [-0.2, 0) is 14.3 Å². The Balaban J connectivity index is 1.92. The van der Waals surface area contributed by atoms with Crippen LogP contribution < -0.4 is 14.8 Å². The van der Waals surface area contributed by atoms with Crippen LogP contribution in [0.15, 0.2) is 53.2 Å². The summed E-state index contributed by atoms with van der Waals surface area (Å²) in [5, 5.41) is 12.3. The predicted molar refractivity (Wildman–Crippen MR) is 124 cm³/mol. The summed E-state index contributed by atoms with van der Waals surface area (Å²) < 4.78 is 16.1. The Morgan fingerprint density at radius 3 is 2.50 bits per heavy atom. The van der Waals surface area contributed by atoms with Gasteiger partial charge in [0.15, 0.2) is 23.9 Å². The molecule has 0 amide bonds. The van der Waals surface area contributed by atoms with E-state index in [1.54, 1.807) is 38.1 Å². The fourth-order valence-corrected chi connectivity index (χ4v) is 4.61. The van der Waals surface area contributed by atoms with Crippen molar-refractivity contribution in [1.29, 1.82) is 0 Å². The number of hydrogen-bond acceptors (Lipinski definition) is 7. The molecule has 34 heavy (non-hydrogen) atoms. The number of halogens is 1. The molecule has 2 aliphatic rings. The number of carboxylic acids is 1. The number of ketones is 1. The van der Waals surface area contributed by atoms with Gasteiger partial charge in [0.05, 0.1) is 30.0 Å². The van der Waals surface area contributed by atoms with Crippen LogP contribution in [0.25, 0.3) is 5.70 Å². The fourth-order valence-electron chi connectivity index (χ4n) is 4.33. The third-order valence-electron chi connectivity index (χ3n) is 5.66. The molecule has 0 fully saturated rings. The molecule has 0 bridgehead atoms. The molecule has 1 heterocycles. The molecular weight excluding hydrogens is 462 g/mol. The molecule has 0 aromatic heterocycles. The van der Waals surface area contributed by atoms with E-state index >= 15 is 0 Å². The van der Waals surface area contributed by atoms with Crippen LogP contribution in [0.3, 0.4) is 0 Å². The number of benzene rings is 2. The molecule has 2 aromatic carbocycles. The van der Waals surface area contributed by atoms with Gasteiger partial charge in [-0.2, -0.15) is 0 Å². The quantitative estimate of drug-likeness (QED) is 0.569. The van der Waals surface area contributed by atoms with E-state index in [0.29, 0.717) is 28.1 Å². The van der Waals surface area contributed by atoms with Gasteiger partial charge in [-0.1, -0.05) is 35.9 Å². The first-order valence-corrected chi connectivity index (χ1v) is 10.9. The lowest BCUT2D eigenvalue weighted by molar-refractivity contribution is -0.139. The first kappa shape index (κ1) is 23.4. The van der Waals surface area contributed by atoms with Gasteiger partial charge in [-0.3, -0.25) is 4.79 Å². The number of allylic oxidation sites excluding steroid dienone is 2. The van der Waals surface area contributed by atoms with E-state index < -0.39 is 24.5 Å². The molecule has 8 nitrogen and oxygen atoms in total. The van der Waals surface area contributed by atoms with Gasteiger partial charge in [-0.15, -0.1) is 0 Å². The summed E-state index contributed by atoms with van der Waals surface area (Å²) in [6.45, 7) is 3.14. The maximum atomic E-state index is 13.5. The van der Waals surface area contributed by atoms with Gasteiger partial charge in [0.25, 0.3) is 0 Å². The van der Waals surface area contributed by atoms with E-state index in [0.717, 1.165) is 5.56 Å².